The van der Waals surface area contributed by atoms with Crippen molar-refractivity contribution < 1.29 is 27.7 Å². The van der Waals surface area contributed by atoms with Crippen molar-refractivity contribution in [2.75, 3.05) is 5.75 Å². The number of rotatable bonds is 6. The molecule has 7 nitrogen and oxygen atoms in total. The topological polar surface area (TPSA) is 121 Å². The van der Waals surface area contributed by atoms with Gasteiger partial charge in [0.1, 0.15) is 11.8 Å². The zero-order valence-corrected chi connectivity index (χ0v) is 13.2. The highest BCUT2D eigenvalue weighted by Gasteiger charge is 2.26. The minimum absolute atomic E-state index is 0.199. The van der Waals surface area contributed by atoms with Crippen LogP contribution in [-0.2, 0) is 14.9 Å². The zero-order chi connectivity index (χ0) is 17.7. The number of carboxylic acid groups (broad SMARTS) is 1. The Bertz CT molecular complexity index is 848. The predicted octanol–water partition coefficient (Wildman–Crippen LogP) is 1.42. The highest BCUT2D eigenvalue weighted by atomic mass is 32.2. The molecule has 0 saturated heterocycles. The molecule has 2 rings (SSSR count). The molecule has 0 aromatic heterocycles. The van der Waals surface area contributed by atoms with E-state index in [1.54, 1.807) is 42.5 Å². The maximum Gasteiger partial charge on any atom is 0.327 e. The molecule has 3 N–H and O–H groups in total. The molecule has 0 unspecified atom stereocenters. The van der Waals surface area contributed by atoms with Gasteiger partial charge in [-0.3, -0.25) is 9.35 Å². The van der Waals surface area contributed by atoms with E-state index in [4.69, 9.17) is 9.66 Å². The van der Waals surface area contributed by atoms with Gasteiger partial charge in [0, 0.05) is 5.56 Å². The van der Waals surface area contributed by atoms with E-state index >= 15 is 0 Å². The van der Waals surface area contributed by atoms with Crippen LogP contribution in [0.1, 0.15) is 10.4 Å². The first kappa shape index (κ1) is 17.6. The molecule has 8 heteroatoms. The Kier molecular flexibility index (Phi) is 5.32. The van der Waals surface area contributed by atoms with E-state index in [0.717, 1.165) is 5.56 Å². The molecular weight excluding hydrogens is 334 g/mol. The number of carbonyl (C=O) groups excluding carboxylic acids is 1. The number of hydrogen-bond donors (Lipinski definition) is 3. The molecule has 0 saturated carbocycles. The molecule has 0 aliphatic carbocycles. The van der Waals surface area contributed by atoms with Crippen LogP contribution in [0.15, 0.2) is 54.6 Å². The summed E-state index contributed by atoms with van der Waals surface area (Å²) in [5, 5.41) is 11.2. The van der Waals surface area contributed by atoms with Gasteiger partial charge >= 0.3 is 5.97 Å². The Morgan fingerprint density at radius 2 is 1.58 bits per heavy atom. The maximum atomic E-state index is 12.4. The summed E-state index contributed by atoms with van der Waals surface area (Å²) in [5.41, 5.74) is 1.53. The van der Waals surface area contributed by atoms with E-state index in [1.807, 2.05) is 6.07 Å². The van der Waals surface area contributed by atoms with Gasteiger partial charge in [0.25, 0.3) is 16.0 Å². The van der Waals surface area contributed by atoms with Crippen LogP contribution in [0.5, 0.6) is 0 Å². The first-order chi connectivity index (χ1) is 11.3. The van der Waals surface area contributed by atoms with Gasteiger partial charge in [0.05, 0.1) is 0 Å². The normalized spacial score (nSPS) is 12.4. The third kappa shape index (κ3) is 4.64. The van der Waals surface area contributed by atoms with Crippen molar-refractivity contribution in [3.05, 3.63) is 60.2 Å². The molecule has 0 spiro atoms. The van der Waals surface area contributed by atoms with Crippen molar-refractivity contribution in [1.29, 1.82) is 0 Å². The fraction of sp³-hybridized carbons (Fsp3) is 0.125. The summed E-state index contributed by atoms with van der Waals surface area (Å²) in [6.07, 6.45) is 0. The smallest absolute Gasteiger partial charge is 0.327 e. The van der Waals surface area contributed by atoms with Crippen molar-refractivity contribution in [3.8, 4) is 11.1 Å². The minimum Gasteiger partial charge on any atom is -0.480 e. The van der Waals surface area contributed by atoms with Gasteiger partial charge in [-0.25, -0.2) is 4.79 Å². The van der Waals surface area contributed by atoms with Gasteiger partial charge in [0.15, 0.2) is 0 Å². The van der Waals surface area contributed by atoms with Crippen molar-refractivity contribution in [2.45, 2.75) is 6.04 Å². The molecule has 126 valence electrons. The largest absolute Gasteiger partial charge is 0.480 e. The van der Waals surface area contributed by atoms with Crippen molar-refractivity contribution in [1.82, 2.24) is 5.32 Å². The van der Waals surface area contributed by atoms with Gasteiger partial charge in [-0.05, 0) is 17.2 Å². The number of hydrogen-bond acceptors (Lipinski definition) is 4. The Labute approximate surface area is 138 Å². The van der Waals surface area contributed by atoms with E-state index in [-0.39, 0.29) is 5.56 Å². The molecule has 2 aromatic carbocycles. The highest BCUT2D eigenvalue weighted by Crippen LogP contribution is 2.23. The van der Waals surface area contributed by atoms with Crippen LogP contribution in [0.3, 0.4) is 0 Å². The molecule has 24 heavy (non-hydrogen) atoms. The molecule has 0 radical (unpaired) electrons. The van der Waals surface area contributed by atoms with Crippen LogP contribution in [-0.4, -0.2) is 41.7 Å². The number of amides is 1. The lowest BCUT2D eigenvalue weighted by atomic mass is 9.99. The molecule has 0 fully saturated rings. The third-order valence-corrected chi connectivity index (χ3v) is 3.99. The predicted molar refractivity (Wildman–Crippen MR) is 87.2 cm³/mol. The first-order valence-corrected chi connectivity index (χ1v) is 8.52. The summed E-state index contributed by atoms with van der Waals surface area (Å²) in [7, 11) is -4.55. The van der Waals surface area contributed by atoms with Gasteiger partial charge in [-0.15, -0.1) is 0 Å². The molecule has 0 aliphatic rings. The molecule has 0 aliphatic heterocycles. The molecular formula is C16H15NO6S. The Hall–Kier alpha value is -2.71. The second kappa shape index (κ2) is 7.24. The third-order valence-electron chi connectivity index (χ3n) is 3.24. The Morgan fingerprint density at radius 1 is 1.00 bits per heavy atom. The van der Waals surface area contributed by atoms with Crippen LogP contribution in [0.2, 0.25) is 0 Å². The summed E-state index contributed by atoms with van der Waals surface area (Å²) >= 11 is 0. The molecule has 1 atom stereocenters. The zero-order valence-electron chi connectivity index (χ0n) is 12.4. The molecule has 1 amide bonds. The second-order valence-corrected chi connectivity index (χ2v) is 6.52. The average Bonchev–Trinajstić information content (AvgIpc) is 2.53. The van der Waals surface area contributed by atoms with Crippen LogP contribution >= 0.6 is 0 Å². The number of aliphatic carboxylic acids is 1. The van der Waals surface area contributed by atoms with E-state index in [9.17, 15) is 18.0 Å². The van der Waals surface area contributed by atoms with Crippen molar-refractivity contribution in [3.63, 3.8) is 0 Å². The fourth-order valence-corrected chi connectivity index (χ4v) is 2.82. The molecule has 2 aromatic rings. The van der Waals surface area contributed by atoms with E-state index in [2.05, 4.69) is 5.32 Å². The van der Waals surface area contributed by atoms with Crippen LogP contribution in [0.4, 0.5) is 0 Å². The van der Waals surface area contributed by atoms with Crippen LogP contribution < -0.4 is 5.32 Å². The summed E-state index contributed by atoms with van der Waals surface area (Å²) in [6, 6.07) is 13.8. The fourth-order valence-electron chi connectivity index (χ4n) is 2.17. The van der Waals surface area contributed by atoms with Crippen molar-refractivity contribution >= 4 is 22.0 Å². The number of benzene rings is 2. The highest BCUT2D eigenvalue weighted by molar-refractivity contribution is 7.85. The standard InChI is InChI=1S/C16H15NO6S/c18-15(17-14(16(19)20)10-24(21,22)23)13-9-5-4-8-12(13)11-6-2-1-3-7-11/h1-9,14H,10H2,(H,17,18)(H,19,20)(H,21,22,23)/t14-/m0/s1. The first-order valence-electron chi connectivity index (χ1n) is 6.91. The van der Waals surface area contributed by atoms with Gasteiger partial charge in [0.2, 0.25) is 0 Å². The summed E-state index contributed by atoms with van der Waals surface area (Å²) in [6.45, 7) is 0. The Balaban J connectivity index is 2.32. The summed E-state index contributed by atoms with van der Waals surface area (Å²) < 4.78 is 30.6. The van der Waals surface area contributed by atoms with E-state index in [0.29, 0.717) is 5.56 Å². The summed E-state index contributed by atoms with van der Waals surface area (Å²) in [4.78, 5) is 23.5. The number of carboxylic acids is 1. The minimum atomic E-state index is -4.55. The quantitative estimate of drug-likeness (QED) is 0.678. The van der Waals surface area contributed by atoms with Crippen molar-refractivity contribution in [2.24, 2.45) is 0 Å². The lowest BCUT2D eigenvalue weighted by Gasteiger charge is -2.15. The second-order valence-electron chi connectivity index (χ2n) is 5.02. The number of carbonyl (C=O) groups is 2. The Morgan fingerprint density at radius 3 is 2.17 bits per heavy atom. The lowest BCUT2D eigenvalue weighted by Crippen LogP contribution is -2.45. The van der Waals surface area contributed by atoms with Gasteiger partial charge < -0.3 is 10.4 Å². The van der Waals surface area contributed by atoms with Crippen LogP contribution in [0.25, 0.3) is 11.1 Å². The number of nitrogens with one attached hydrogen (secondary N) is 1. The average molecular weight is 349 g/mol. The maximum absolute atomic E-state index is 12.4. The van der Waals surface area contributed by atoms with Gasteiger partial charge in [-0.2, -0.15) is 8.42 Å². The molecule has 0 bridgehead atoms. The monoisotopic (exact) mass is 349 g/mol. The lowest BCUT2D eigenvalue weighted by molar-refractivity contribution is -0.138. The molecule has 0 heterocycles. The van der Waals surface area contributed by atoms with E-state index < -0.39 is 33.8 Å². The van der Waals surface area contributed by atoms with Crippen LogP contribution in [0, 0.1) is 0 Å². The van der Waals surface area contributed by atoms with Gasteiger partial charge in [-0.1, -0.05) is 48.5 Å². The summed E-state index contributed by atoms with van der Waals surface area (Å²) in [5.74, 6) is -3.41. The SMILES string of the molecule is O=C(N[C@@H](CS(=O)(=O)O)C(=O)O)c1ccccc1-c1ccccc1. The van der Waals surface area contributed by atoms with E-state index in [1.165, 1.54) is 6.07 Å².